The van der Waals surface area contributed by atoms with Gasteiger partial charge < -0.3 is 10.1 Å². The summed E-state index contributed by atoms with van der Waals surface area (Å²) in [7, 11) is 0. The average molecular weight is 304 g/mol. The number of rotatable bonds is 5. The molecule has 0 saturated carbocycles. The molecule has 0 radical (unpaired) electrons. The molecule has 2 atom stereocenters. The van der Waals surface area contributed by atoms with Crippen LogP contribution < -0.4 is 5.32 Å². The van der Waals surface area contributed by atoms with Gasteiger partial charge in [-0.3, -0.25) is 0 Å². The van der Waals surface area contributed by atoms with Crippen LogP contribution in [0.25, 0.3) is 0 Å². The van der Waals surface area contributed by atoms with Crippen molar-refractivity contribution in [3.8, 4) is 0 Å². The Hall–Kier alpha value is 0.100. The number of nitrogens with one attached hydrogen (secondary N) is 1. The first-order valence-electron chi connectivity index (χ1n) is 5.88. The molecule has 2 heterocycles. The Morgan fingerprint density at radius 1 is 1.62 bits per heavy atom. The summed E-state index contributed by atoms with van der Waals surface area (Å²) >= 11 is 5.39. The molecule has 1 aliphatic rings. The quantitative estimate of drug-likeness (QED) is 0.839. The lowest BCUT2D eigenvalue weighted by Gasteiger charge is -2.18. The van der Waals surface area contributed by atoms with Gasteiger partial charge in [-0.25, -0.2) is 0 Å². The van der Waals surface area contributed by atoms with E-state index in [4.69, 9.17) is 4.74 Å². The van der Waals surface area contributed by atoms with Crippen molar-refractivity contribution in [2.75, 3.05) is 19.7 Å². The summed E-state index contributed by atoms with van der Waals surface area (Å²) in [6.07, 6.45) is 2.66. The van der Waals surface area contributed by atoms with E-state index in [1.165, 1.54) is 22.2 Å². The minimum atomic E-state index is 0.290. The molecule has 1 saturated heterocycles. The van der Waals surface area contributed by atoms with Crippen molar-refractivity contribution in [2.24, 2.45) is 5.92 Å². The van der Waals surface area contributed by atoms with Gasteiger partial charge in [0.25, 0.3) is 0 Å². The predicted molar refractivity (Wildman–Crippen MR) is 72.0 cm³/mol. The number of halogens is 1. The molecule has 2 nitrogen and oxygen atoms in total. The number of ether oxygens (including phenoxy) is 1. The van der Waals surface area contributed by atoms with E-state index in [9.17, 15) is 0 Å². The van der Waals surface area contributed by atoms with Gasteiger partial charge in [0.05, 0.1) is 6.10 Å². The van der Waals surface area contributed by atoms with Crippen molar-refractivity contribution in [3.63, 3.8) is 0 Å². The molecule has 0 amide bonds. The highest BCUT2D eigenvalue weighted by molar-refractivity contribution is 9.10. The first-order valence-corrected chi connectivity index (χ1v) is 7.55. The van der Waals surface area contributed by atoms with Gasteiger partial charge in [-0.15, -0.1) is 11.3 Å². The van der Waals surface area contributed by atoms with E-state index in [0.29, 0.717) is 12.0 Å². The minimum absolute atomic E-state index is 0.290. The van der Waals surface area contributed by atoms with Crippen LogP contribution in [0.3, 0.4) is 0 Å². The van der Waals surface area contributed by atoms with Gasteiger partial charge in [0.15, 0.2) is 0 Å². The SMILES string of the molecule is CCCNCC1CCOC1c1sccc1Br. The molecule has 1 aromatic rings. The molecule has 0 aromatic carbocycles. The summed E-state index contributed by atoms with van der Waals surface area (Å²) in [6.45, 7) is 5.27. The maximum atomic E-state index is 5.86. The first-order chi connectivity index (χ1) is 7.83. The third-order valence-electron chi connectivity index (χ3n) is 2.95. The highest BCUT2D eigenvalue weighted by atomic mass is 79.9. The van der Waals surface area contributed by atoms with Gasteiger partial charge in [0, 0.05) is 28.4 Å². The molecule has 1 N–H and O–H groups in total. The fourth-order valence-corrected chi connectivity index (χ4v) is 3.84. The zero-order valence-electron chi connectivity index (χ0n) is 9.54. The van der Waals surface area contributed by atoms with Crippen LogP contribution in [-0.2, 0) is 4.74 Å². The fourth-order valence-electron chi connectivity index (χ4n) is 2.11. The molecule has 0 bridgehead atoms. The van der Waals surface area contributed by atoms with Crippen molar-refractivity contribution >= 4 is 27.3 Å². The molecule has 2 unspecified atom stereocenters. The highest BCUT2D eigenvalue weighted by Crippen LogP contribution is 2.40. The van der Waals surface area contributed by atoms with Crippen molar-refractivity contribution < 1.29 is 4.74 Å². The molecule has 16 heavy (non-hydrogen) atoms. The van der Waals surface area contributed by atoms with E-state index in [2.05, 4.69) is 39.6 Å². The van der Waals surface area contributed by atoms with Crippen molar-refractivity contribution in [1.82, 2.24) is 5.32 Å². The van der Waals surface area contributed by atoms with Crippen molar-refractivity contribution in [1.29, 1.82) is 0 Å². The highest BCUT2D eigenvalue weighted by Gasteiger charge is 2.31. The summed E-state index contributed by atoms with van der Waals surface area (Å²) in [5.74, 6) is 0.626. The Bertz CT molecular complexity index is 329. The molecular formula is C12H18BrNOS. The second-order valence-corrected chi connectivity index (χ2v) is 5.98. The van der Waals surface area contributed by atoms with E-state index < -0.39 is 0 Å². The van der Waals surface area contributed by atoms with Gasteiger partial charge in [-0.1, -0.05) is 6.92 Å². The van der Waals surface area contributed by atoms with E-state index in [1.807, 2.05) is 0 Å². The maximum absolute atomic E-state index is 5.86. The second kappa shape index (κ2) is 6.15. The monoisotopic (exact) mass is 303 g/mol. The molecule has 1 fully saturated rings. The molecule has 4 heteroatoms. The lowest BCUT2D eigenvalue weighted by molar-refractivity contribution is 0.0929. The molecular weight excluding hydrogens is 286 g/mol. The predicted octanol–water partition coefficient (Wildman–Crippen LogP) is 3.59. The third-order valence-corrected chi connectivity index (χ3v) is 4.88. The minimum Gasteiger partial charge on any atom is -0.372 e. The first kappa shape index (κ1) is 12.6. The summed E-state index contributed by atoms with van der Waals surface area (Å²) in [6, 6.07) is 2.11. The number of hydrogen-bond donors (Lipinski definition) is 1. The van der Waals surface area contributed by atoms with Gasteiger partial charge in [-0.2, -0.15) is 0 Å². The number of thiophene rings is 1. The number of hydrogen-bond acceptors (Lipinski definition) is 3. The Labute approximate surface area is 110 Å². The molecule has 0 aliphatic carbocycles. The van der Waals surface area contributed by atoms with E-state index in [0.717, 1.165) is 19.7 Å². The Morgan fingerprint density at radius 2 is 2.50 bits per heavy atom. The normalized spacial score (nSPS) is 25.1. The maximum Gasteiger partial charge on any atom is 0.0969 e. The summed E-state index contributed by atoms with van der Waals surface area (Å²) < 4.78 is 7.06. The van der Waals surface area contributed by atoms with Crippen molar-refractivity contribution in [2.45, 2.75) is 25.9 Å². The fraction of sp³-hybridized carbons (Fsp3) is 0.667. The summed E-state index contributed by atoms with van der Waals surface area (Å²) in [4.78, 5) is 1.35. The van der Waals surface area contributed by atoms with Crippen LogP contribution in [0.2, 0.25) is 0 Å². The Balaban J connectivity index is 1.95. The van der Waals surface area contributed by atoms with Crippen molar-refractivity contribution in [3.05, 3.63) is 20.8 Å². The summed E-state index contributed by atoms with van der Waals surface area (Å²) in [5.41, 5.74) is 0. The zero-order valence-corrected chi connectivity index (χ0v) is 11.9. The van der Waals surface area contributed by atoms with Crippen LogP contribution in [0.5, 0.6) is 0 Å². The van der Waals surface area contributed by atoms with Gasteiger partial charge >= 0.3 is 0 Å². The van der Waals surface area contributed by atoms with Gasteiger partial charge in [0.2, 0.25) is 0 Å². The van der Waals surface area contributed by atoms with Crippen LogP contribution in [0.1, 0.15) is 30.7 Å². The smallest absolute Gasteiger partial charge is 0.0969 e. The zero-order chi connectivity index (χ0) is 11.4. The van der Waals surface area contributed by atoms with Crippen LogP contribution in [0.15, 0.2) is 15.9 Å². The lowest BCUT2D eigenvalue weighted by atomic mass is 10.0. The Morgan fingerprint density at radius 3 is 3.19 bits per heavy atom. The molecule has 2 rings (SSSR count). The lowest BCUT2D eigenvalue weighted by Crippen LogP contribution is -2.25. The molecule has 0 spiro atoms. The summed E-state index contributed by atoms with van der Waals surface area (Å²) in [5, 5.41) is 5.62. The molecule has 1 aliphatic heterocycles. The third kappa shape index (κ3) is 2.86. The van der Waals surface area contributed by atoms with Crippen LogP contribution in [0, 0.1) is 5.92 Å². The average Bonchev–Trinajstić information content (AvgIpc) is 2.87. The van der Waals surface area contributed by atoms with Gasteiger partial charge in [0.1, 0.15) is 0 Å². The van der Waals surface area contributed by atoms with E-state index in [-0.39, 0.29) is 0 Å². The van der Waals surface area contributed by atoms with Crippen LogP contribution in [-0.4, -0.2) is 19.7 Å². The van der Waals surface area contributed by atoms with Gasteiger partial charge in [-0.05, 0) is 46.8 Å². The largest absolute Gasteiger partial charge is 0.372 e. The van der Waals surface area contributed by atoms with Crippen LogP contribution in [0.4, 0.5) is 0 Å². The topological polar surface area (TPSA) is 21.3 Å². The second-order valence-electron chi connectivity index (χ2n) is 4.18. The molecule has 90 valence electrons. The van der Waals surface area contributed by atoms with E-state index >= 15 is 0 Å². The Kier molecular flexibility index (Phi) is 4.82. The van der Waals surface area contributed by atoms with Crippen LogP contribution >= 0.6 is 27.3 Å². The standard InChI is InChI=1S/C12H18BrNOS/c1-2-5-14-8-9-3-6-15-11(9)12-10(13)4-7-16-12/h4,7,9,11,14H,2-3,5-6,8H2,1H3. The van der Waals surface area contributed by atoms with E-state index in [1.54, 1.807) is 11.3 Å². The molecule has 1 aromatic heterocycles.